The fraction of sp³-hybridized carbons (Fsp3) is 0. The van der Waals surface area contributed by atoms with Crippen LogP contribution in [0.25, 0.3) is 11.1 Å². The van der Waals surface area contributed by atoms with E-state index in [9.17, 15) is 10.2 Å². The molecule has 0 aliphatic heterocycles. The molecule has 2 aromatic rings. The summed E-state index contributed by atoms with van der Waals surface area (Å²) in [6.07, 6.45) is 10.7. The Bertz CT molecular complexity index is 713. The van der Waals surface area contributed by atoms with Crippen molar-refractivity contribution in [3.8, 4) is 47.3 Å². The lowest BCUT2D eigenvalue weighted by atomic mass is 9.98. The van der Waals surface area contributed by atoms with Crippen LogP contribution in [0.4, 0.5) is 11.4 Å². The van der Waals surface area contributed by atoms with Crippen LogP contribution in [0.2, 0.25) is 0 Å². The lowest BCUT2D eigenvalue weighted by molar-refractivity contribution is 0.476. The van der Waals surface area contributed by atoms with Crippen molar-refractivity contribution >= 4 is 11.4 Å². The topological polar surface area (TPSA) is 92.5 Å². The van der Waals surface area contributed by atoms with E-state index >= 15 is 0 Å². The Kier molecular flexibility index (Phi) is 3.16. The molecule has 4 nitrogen and oxygen atoms in total. The van der Waals surface area contributed by atoms with Crippen molar-refractivity contribution in [2.45, 2.75) is 0 Å². The third-order valence-electron chi connectivity index (χ3n) is 2.96. The van der Waals surface area contributed by atoms with Gasteiger partial charge in [-0.05, 0) is 35.4 Å². The average Bonchev–Trinajstić information content (AvgIpc) is 2.44. The molecule has 0 aliphatic rings. The van der Waals surface area contributed by atoms with E-state index in [1.54, 1.807) is 12.1 Å². The number of hydrogen-bond donors (Lipinski definition) is 4. The molecule has 0 amide bonds. The van der Waals surface area contributed by atoms with Crippen LogP contribution in [-0.2, 0) is 0 Å². The summed E-state index contributed by atoms with van der Waals surface area (Å²) in [6, 6.07) is 6.14. The SMILES string of the molecule is C#Cc1cc(-c2cc(O)c(N)c(C#C)c2)cc(O)c1N. The Morgan fingerprint density at radius 3 is 1.40 bits per heavy atom. The number of rotatable bonds is 1. The van der Waals surface area contributed by atoms with Crippen molar-refractivity contribution in [1.82, 2.24) is 0 Å². The van der Waals surface area contributed by atoms with E-state index in [0.29, 0.717) is 22.3 Å². The van der Waals surface area contributed by atoms with Gasteiger partial charge in [-0.15, -0.1) is 12.8 Å². The molecule has 0 saturated carbocycles. The highest BCUT2D eigenvalue weighted by molar-refractivity contribution is 5.79. The van der Waals surface area contributed by atoms with Crippen LogP contribution in [0.15, 0.2) is 24.3 Å². The van der Waals surface area contributed by atoms with Crippen LogP contribution < -0.4 is 11.5 Å². The van der Waals surface area contributed by atoms with E-state index in [1.807, 2.05) is 0 Å². The number of aromatic hydroxyl groups is 2. The third kappa shape index (κ3) is 2.07. The first kappa shape index (κ1) is 13.2. The van der Waals surface area contributed by atoms with Gasteiger partial charge in [-0.25, -0.2) is 0 Å². The number of anilines is 2. The van der Waals surface area contributed by atoms with Crippen LogP contribution in [0, 0.1) is 24.7 Å². The van der Waals surface area contributed by atoms with Gasteiger partial charge in [0.05, 0.1) is 22.5 Å². The molecule has 2 rings (SSSR count). The number of phenols is 2. The van der Waals surface area contributed by atoms with E-state index in [0.717, 1.165) is 0 Å². The Morgan fingerprint density at radius 2 is 1.10 bits per heavy atom. The summed E-state index contributed by atoms with van der Waals surface area (Å²) in [6.45, 7) is 0. The molecule has 20 heavy (non-hydrogen) atoms. The summed E-state index contributed by atoms with van der Waals surface area (Å²) >= 11 is 0. The molecule has 98 valence electrons. The first-order valence-corrected chi connectivity index (χ1v) is 5.66. The molecular weight excluding hydrogens is 252 g/mol. The van der Waals surface area contributed by atoms with Crippen molar-refractivity contribution in [3.63, 3.8) is 0 Å². The minimum Gasteiger partial charge on any atom is -0.506 e. The van der Waals surface area contributed by atoms with Crippen molar-refractivity contribution in [3.05, 3.63) is 35.4 Å². The minimum absolute atomic E-state index is 0.131. The van der Waals surface area contributed by atoms with Gasteiger partial charge in [-0.2, -0.15) is 0 Å². The highest BCUT2D eigenvalue weighted by Crippen LogP contribution is 2.35. The molecule has 2 aromatic carbocycles. The van der Waals surface area contributed by atoms with Crippen molar-refractivity contribution in [2.75, 3.05) is 11.5 Å². The minimum atomic E-state index is -0.131. The summed E-state index contributed by atoms with van der Waals surface area (Å²) < 4.78 is 0. The number of hydrogen-bond acceptors (Lipinski definition) is 4. The Labute approximate surface area is 116 Å². The molecule has 0 atom stereocenters. The van der Waals surface area contributed by atoms with E-state index in [-0.39, 0.29) is 22.9 Å². The largest absolute Gasteiger partial charge is 0.506 e. The molecule has 4 heteroatoms. The highest BCUT2D eigenvalue weighted by Gasteiger charge is 2.11. The summed E-state index contributed by atoms with van der Waals surface area (Å²) in [5.41, 5.74) is 13.5. The molecule has 0 bridgehead atoms. The molecule has 0 fully saturated rings. The number of phenolic OH excluding ortho intramolecular Hbond substituents is 2. The molecular formula is C16H12N2O2. The van der Waals surface area contributed by atoms with Gasteiger partial charge in [-0.1, -0.05) is 11.8 Å². The molecule has 0 aromatic heterocycles. The first-order valence-electron chi connectivity index (χ1n) is 5.66. The zero-order chi connectivity index (χ0) is 14.9. The number of nitrogen functional groups attached to an aromatic ring is 2. The predicted octanol–water partition coefficient (Wildman–Crippen LogP) is 1.89. The van der Waals surface area contributed by atoms with Crippen LogP contribution >= 0.6 is 0 Å². The van der Waals surface area contributed by atoms with E-state index in [4.69, 9.17) is 24.3 Å². The van der Waals surface area contributed by atoms with E-state index < -0.39 is 0 Å². The van der Waals surface area contributed by atoms with Gasteiger partial charge in [0.25, 0.3) is 0 Å². The summed E-state index contributed by atoms with van der Waals surface area (Å²) in [5.74, 6) is 4.52. The number of nitrogens with two attached hydrogens (primary N) is 2. The quantitative estimate of drug-likeness (QED) is 0.359. The van der Waals surface area contributed by atoms with Crippen molar-refractivity contribution in [1.29, 1.82) is 0 Å². The van der Waals surface area contributed by atoms with Crippen LogP contribution in [0.3, 0.4) is 0 Å². The molecule has 0 heterocycles. The smallest absolute Gasteiger partial charge is 0.140 e. The summed E-state index contributed by atoms with van der Waals surface area (Å²) in [4.78, 5) is 0. The number of benzene rings is 2. The van der Waals surface area contributed by atoms with Gasteiger partial charge in [-0.3, -0.25) is 0 Å². The first-order chi connectivity index (χ1) is 9.47. The maximum atomic E-state index is 9.78. The zero-order valence-corrected chi connectivity index (χ0v) is 10.5. The van der Waals surface area contributed by atoms with Gasteiger partial charge in [0.15, 0.2) is 0 Å². The lowest BCUT2D eigenvalue weighted by Gasteiger charge is -2.10. The van der Waals surface area contributed by atoms with Crippen molar-refractivity contribution in [2.24, 2.45) is 0 Å². The second-order valence-electron chi connectivity index (χ2n) is 4.20. The van der Waals surface area contributed by atoms with E-state index in [1.165, 1.54) is 12.1 Å². The van der Waals surface area contributed by atoms with Gasteiger partial charge in [0.2, 0.25) is 0 Å². The maximum Gasteiger partial charge on any atom is 0.140 e. The second-order valence-corrected chi connectivity index (χ2v) is 4.20. The van der Waals surface area contributed by atoms with Gasteiger partial charge >= 0.3 is 0 Å². The molecule has 0 saturated heterocycles. The molecule has 0 spiro atoms. The highest BCUT2D eigenvalue weighted by atomic mass is 16.3. The maximum absolute atomic E-state index is 9.78. The standard InChI is InChI=1S/C16H12N2O2/c1-3-9-5-11(7-13(19)15(9)17)12-6-10(4-2)16(18)14(20)8-12/h1-2,5-8,19-20H,17-18H2. The van der Waals surface area contributed by atoms with Crippen LogP contribution in [0.5, 0.6) is 11.5 Å². The number of terminal acetylenes is 2. The monoisotopic (exact) mass is 264 g/mol. The average molecular weight is 264 g/mol. The van der Waals surface area contributed by atoms with Gasteiger partial charge < -0.3 is 21.7 Å². The normalized spacial score (nSPS) is 9.70. The molecule has 0 radical (unpaired) electrons. The van der Waals surface area contributed by atoms with Crippen molar-refractivity contribution < 1.29 is 10.2 Å². The Hall–Kier alpha value is -3.24. The summed E-state index contributed by atoms with van der Waals surface area (Å²) in [5, 5.41) is 19.6. The fourth-order valence-corrected chi connectivity index (χ4v) is 1.85. The zero-order valence-electron chi connectivity index (χ0n) is 10.5. The third-order valence-corrected chi connectivity index (χ3v) is 2.96. The Balaban J connectivity index is 2.70. The fourth-order valence-electron chi connectivity index (χ4n) is 1.85. The molecule has 0 aliphatic carbocycles. The Morgan fingerprint density at radius 1 is 0.750 bits per heavy atom. The predicted molar refractivity (Wildman–Crippen MR) is 79.9 cm³/mol. The lowest BCUT2D eigenvalue weighted by Crippen LogP contribution is -1.94. The van der Waals surface area contributed by atoms with Gasteiger partial charge in [0.1, 0.15) is 11.5 Å². The van der Waals surface area contributed by atoms with Crippen LogP contribution in [-0.4, -0.2) is 10.2 Å². The van der Waals surface area contributed by atoms with Crippen LogP contribution in [0.1, 0.15) is 11.1 Å². The van der Waals surface area contributed by atoms with Gasteiger partial charge in [0, 0.05) is 0 Å². The second kappa shape index (κ2) is 4.79. The van der Waals surface area contributed by atoms with E-state index in [2.05, 4.69) is 11.8 Å². The molecule has 6 N–H and O–H groups in total. The summed E-state index contributed by atoms with van der Waals surface area (Å²) in [7, 11) is 0. The molecule has 0 unspecified atom stereocenters.